The molecule has 0 aliphatic carbocycles. The number of hydrogen-bond acceptors (Lipinski definition) is 3. The van der Waals surface area contributed by atoms with E-state index in [-0.39, 0.29) is 0 Å². The summed E-state index contributed by atoms with van der Waals surface area (Å²) in [6.07, 6.45) is 3.63. The lowest BCUT2D eigenvalue weighted by atomic mass is 9.93. The molecule has 0 spiro atoms. The molecule has 0 aromatic carbocycles. The van der Waals surface area contributed by atoms with Gasteiger partial charge in [-0.05, 0) is 38.4 Å². The molecule has 1 fully saturated rings. The third kappa shape index (κ3) is 2.65. The van der Waals surface area contributed by atoms with Gasteiger partial charge in [-0.3, -0.25) is 0 Å². The molecule has 1 saturated heterocycles. The molecule has 0 radical (unpaired) electrons. The molecular weight excluding hydrogens is 218 g/mol. The summed E-state index contributed by atoms with van der Waals surface area (Å²) < 4.78 is 5.58. The second-order valence-corrected chi connectivity index (χ2v) is 5.60. The second kappa shape index (κ2) is 5.80. The van der Waals surface area contributed by atoms with E-state index in [1.54, 1.807) is 0 Å². The molecule has 2 nitrogen and oxygen atoms in total. The molecule has 3 heteroatoms. The van der Waals surface area contributed by atoms with Crippen molar-refractivity contribution in [3.63, 3.8) is 0 Å². The van der Waals surface area contributed by atoms with E-state index >= 15 is 0 Å². The van der Waals surface area contributed by atoms with Gasteiger partial charge in [0.1, 0.15) is 0 Å². The van der Waals surface area contributed by atoms with E-state index in [0.29, 0.717) is 12.0 Å². The average molecular weight is 239 g/mol. The number of rotatable bonds is 4. The van der Waals surface area contributed by atoms with E-state index in [9.17, 15) is 0 Å². The highest BCUT2D eigenvalue weighted by atomic mass is 32.1. The van der Waals surface area contributed by atoms with Gasteiger partial charge in [-0.1, -0.05) is 6.92 Å². The number of thiophene rings is 1. The number of hydrogen-bond donors (Lipinski definition) is 1. The van der Waals surface area contributed by atoms with Gasteiger partial charge in [-0.2, -0.15) is 0 Å². The van der Waals surface area contributed by atoms with Crippen molar-refractivity contribution in [2.75, 3.05) is 20.3 Å². The van der Waals surface area contributed by atoms with Crippen LogP contribution in [0.4, 0.5) is 0 Å². The van der Waals surface area contributed by atoms with Gasteiger partial charge in [0.25, 0.3) is 0 Å². The van der Waals surface area contributed by atoms with Crippen molar-refractivity contribution in [2.24, 2.45) is 5.92 Å². The molecule has 0 bridgehead atoms. The van der Waals surface area contributed by atoms with Crippen LogP contribution in [0.15, 0.2) is 12.1 Å². The standard InChI is InChI=1S/C13H21NOS/c1-3-11-6-7-12(16-11)13(14-2)10-5-4-8-15-9-10/h6-7,10,13-14H,3-5,8-9H2,1-2H3. The van der Waals surface area contributed by atoms with Gasteiger partial charge >= 0.3 is 0 Å². The van der Waals surface area contributed by atoms with E-state index in [4.69, 9.17) is 4.74 Å². The summed E-state index contributed by atoms with van der Waals surface area (Å²) in [6.45, 7) is 4.07. The van der Waals surface area contributed by atoms with Gasteiger partial charge < -0.3 is 10.1 Å². The predicted molar refractivity (Wildman–Crippen MR) is 69.0 cm³/mol. The molecule has 2 unspecified atom stereocenters. The first-order valence-electron chi connectivity index (χ1n) is 6.18. The minimum Gasteiger partial charge on any atom is -0.381 e. The molecular formula is C13H21NOS. The summed E-state index contributed by atoms with van der Waals surface area (Å²) in [7, 11) is 2.06. The van der Waals surface area contributed by atoms with Crippen molar-refractivity contribution in [1.29, 1.82) is 0 Å². The summed E-state index contributed by atoms with van der Waals surface area (Å²) in [5.41, 5.74) is 0. The highest BCUT2D eigenvalue weighted by Gasteiger charge is 2.25. The Morgan fingerprint density at radius 3 is 3.00 bits per heavy atom. The SMILES string of the molecule is CCc1ccc(C(NC)C2CCCOC2)s1. The van der Waals surface area contributed by atoms with Crippen LogP contribution in [0.25, 0.3) is 0 Å². The molecule has 1 N–H and O–H groups in total. The van der Waals surface area contributed by atoms with E-state index in [2.05, 4.69) is 31.4 Å². The highest BCUT2D eigenvalue weighted by Crippen LogP contribution is 2.32. The molecule has 1 aromatic heterocycles. The van der Waals surface area contributed by atoms with Gasteiger partial charge in [-0.15, -0.1) is 11.3 Å². The van der Waals surface area contributed by atoms with Crippen molar-refractivity contribution in [2.45, 2.75) is 32.2 Å². The fourth-order valence-corrected chi connectivity index (χ4v) is 3.55. The first kappa shape index (κ1) is 12.1. The molecule has 2 rings (SSSR count). The van der Waals surface area contributed by atoms with Gasteiger partial charge in [0, 0.05) is 28.3 Å². The van der Waals surface area contributed by atoms with E-state index in [1.165, 1.54) is 22.6 Å². The Hall–Kier alpha value is -0.380. The molecule has 0 amide bonds. The fourth-order valence-electron chi connectivity index (χ4n) is 2.39. The smallest absolute Gasteiger partial charge is 0.0512 e. The maximum Gasteiger partial charge on any atom is 0.0512 e. The molecule has 16 heavy (non-hydrogen) atoms. The lowest BCUT2D eigenvalue weighted by molar-refractivity contribution is 0.0407. The fraction of sp³-hybridized carbons (Fsp3) is 0.692. The van der Waals surface area contributed by atoms with Crippen molar-refractivity contribution >= 4 is 11.3 Å². The molecule has 2 atom stereocenters. The molecule has 1 aliphatic rings. The zero-order valence-corrected chi connectivity index (χ0v) is 11.0. The third-order valence-corrected chi connectivity index (χ3v) is 4.63. The van der Waals surface area contributed by atoms with Crippen molar-refractivity contribution in [3.8, 4) is 0 Å². The number of aryl methyl sites for hydroxylation is 1. The Kier molecular flexibility index (Phi) is 4.38. The summed E-state index contributed by atoms with van der Waals surface area (Å²) in [4.78, 5) is 2.95. The predicted octanol–water partition coefficient (Wildman–Crippen LogP) is 3.00. The quantitative estimate of drug-likeness (QED) is 0.872. The van der Waals surface area contributed by atoms with Crippen LogP contribution in [0, 0.1) is 5.92 Å². The lowest BCUT2D eigenvalue weighted by Gasteiger charge is -2.29. The summed E-state index contributed by atoms with van der Waals surface area (Å²) in [5.74, 6) is 0.641. The van der Waals surface area contributed by atoms with Gasteiger partial charge in [0.15, 0.2) is 0 Å². The van der Waals surface area contributed by atoms with Crippen LogP contribution < -0.4 is 5.32 Å². The van der Waals surface area contributed by atoms with Gasteiger partial charge in [0.2, 0.25) is 0 Å². The van der Waals surface area contributed by atoms with Crippen molar-refractivity contribution in [3.05, 3.63) is 21.9 Å². The van der Waals surface area contributed by atoms with Crippen LogP contribution in [0.3, 0.4) is 0 Å². The van der Waals surface area contributed by atoms with Crippen LogP contribution in [-0.2, 0) is 11.2 Å². The molecule has 2 heterocycles. The van der Waals surface area contributed by atoms with Crippen LogP contribution in [-0.4, -0.2) is 20.3 Å². The van der Waals surface area contributed by atoms with Gasteiger partial charge in [0.05, 0.1) is 6.61 Å². The topological polar surface area (TPSA) is 21.3 Å². The third-order valence-electron chi connectivity index (χ3n) is 3.32. The van der Waals surface area contributed by atoms with Crippen LogP contribution in [0.2, 0.25) is 0 Å². The Bertz CT molecular complexity index is 317. The highest BCUT2D eigenvalue weighted by molar-refractivity contribution is 7.12. The maximum atomic E-state index is 5.58. The van der Waals surface area contributed by atoms with E-state index in [1.807, 2.05) is 11.3 Å². The first-order valence-corrected chi connectivity index (χ1v) is 7.00. The Labute approximate surface area is 102 Å². The molecule has 1 aliphatic heterocycles. The summed E-state index contributed by atoms with van der Waals surface area (Å²) in [5, 5.41) is 3.46. The van der Waals surface area contributed by atoms with Crippen LogP contribution in [0.5, 0.6) is 0 Å². The molecule has 1 aromatic rings. The van der Waals surface area contributed by atoms with Crippen molar-refractivity contribution < 1.29 is 4.74 Å². The number of nitrogens with one attached hydrogen (secondary N) is 1. The summed E-state index contributed by atoms with van der Waals surface area (Å²) in [6, 6.07) is 5.01. The monoisotopic (exact) mass is 239 g/mol. The van der Waals surface area contributed by atoms with E-state index < -0.39 is 0 Å². The summed E-state index contributed by atoms with van der Waals surface area (Å²) >= 11 is 1.94. The van der Waals surface area contributed by atoms with Crippen LogP contribution in [0.1, 0.15) is 35.6 Å². The zero-order chi connectivity index (χ0) is 11.4. The first-order chi connectivity index (χ1) is 7.85. The van der Waals surface area contributed by atoms with E-state index in [0.717, 1.165) is 19.6 Å². The largest absolute Gasteiger partial charge is 0.381 e. The Morgan fingerprint density at radius 1 is 1.56 bits per heavy atom. The zero-order valence-electron chi connectivity index (χ0n) is 10.2. The normalized spacial score (nSPS) is 23.2. The molecule has 0 saturated carbocycles. The van der Waals surface area contributed by atoms with Gasteiger partial charge in [-0.25, -0.2) is 0 Å². The maximum absolute atomic E-state index is 5.58. The molecule has 90 valence electrons. The average Bonchev–Trinajstić information content (AvgIpc) is 2.80. The number of ether oxygens (including phenoxy) is 1. The van der Waals surface area contributed by atoms with Crippen molar-refractivity contribution in [1.82, 2.24) is 5.32 Å². The minimum atomic E-state index is 0.477. The second-order valence-electron chi connectivity index (χ2n) is 4.40. The lowest BCUT2D eigenvalue weighted by Crippen LogP contribution is -2.30. The minimum absolute atomic E-state index is 0.477. The van der Waals surface area contributed by atoms with Crippen LogP contribution >= 0.6 is 11.3 Å². The Morgan fingerprint density at radius 2 is 2.44 bits per heavy atom. The Balaban J connectivity index is 2.08.